The number of urea groups is 1. The summed E-state index contributed by atoms with van der Waals surface area (Å²) in [6, 6.07) is 8.31. The van der Waals surface area contributed by atoms with Crippen molar-refractivity contribution in [3.8, 4) is 5.75 Å². The van der Waals surface area contributed by atoms with Gasteiger partial charge in [0.2, 0.25) is 0 Å². The van der Waals surface area contributed by atoms with E-state index in [9.17, 15) is 22.4 Å². The standard InChI is InChI=1S/C22H23ClF4N4O3/c1-12-28-11-17(31-20(32)30-13-6-7-15(23)16(24)10-13)19(29-12)34-18-5-3-2-4-14(18)21(8-9-33-21)22(25,26)27/h2-7,10,12,17,19,28-29H,8-9,11H2,1H3,(H2,30,31,32). The number of nitrogens with one attached hydrogen (secondary N) is 4. The van der Waals surface area contributed by atoms with Crippen molar-refractivity contribution in [1.29, 1.82) is 0 Å². The van der Waals surface area contributed by atoms with Crippen LogP contribution < -0.4 is 26.0 Å². The molecular formula is C22H23ClF4N4O3. The zero-order valence-electron chi connectivity index (χ0n) is 18.0. The summed E-state index contributed by atoms with van der Waals surface area (Å²) in [4.78, 5) is 12.5. The fourth-order valence-electron chi connectivity index (χ4n) is 3.92. The van der Waals surface area contributed by atoms with E-state index in [4.69, 9.17) is 21.1 Å². The van der Waals surface area contributed by atoms with Crippen molar-refractivity contribution in [1.82, 2.24) is 16.0 Å². The average molecular weight is 503 g/mol. The number of ether oxygens (including phenoxy) is 2. The minimum absolute atomic E-state index is 0.00175. The zero-order chi connectivity index (χ0) is 24.5. The highest BCUT2D eigenvalue weighted by Crippen LogP contribution is 2.52. The van der Waals surface area contributed by atoms with Gasteiger partial charge >= 0.3 is 12.2 Å². The number of benzene rings is 2. The molecular weight excluding hydrogens is 480 g/mol. The van der Waals surface area contributed by atoms with Crippen molar-refractivity contribution in [2.24, 2.45) is 0 Å². The average Bonchev–Trinajstić information content (AvgIpc) is 2.72. The van der Waals surface area contributed by atoms with Crippen LogP contribution >= 0.6 is 11.6 Å². The quantitative estimate of drug-likeness (QED) is 0.463. The van der Waals surface area contributed by atoms with Gasteiger partial charge in [0, 0.05) is 24.2 Å². The topological polar surface area (TPSA) is 83.7 Å². The second kappa shape index (κ2) is 9.57. The predicted octanol–water partition coefficient (Wildman–Crippen LogP) is 4.09. The molecule has 0 saturated carbocycles. The number of para-hydroxylation sites is 1. The summed E-state index contributed by atoms with van der Waals surface area (Å²) >= 11 is 5.65. The largest absolute Gasteiger partial charge is 0.473 e. The fourth-order valence-corrected chi connectivity index (χ4v) is 4.04. The summed E-state index contributed by atoms with van der Waals surface area (Å²) in [6.45, 7) is 2.07. The molecule has 4 rings (SSSR count). The van der Waals surface area contributed by atoms with E-state index in [-0.39, 0.29) is 47.8 Å². The van der Waals surface area contributed by atoms with E-state index in [0.29, 0.717) is 0 Å². The Balaban J connectivity index is 1.51. The van der Waals surface area contributed by atoms with Crippen LogP contribution in [0.4, 0.5) is 28.0 Å². The molecule has 34 heavy (non-hydrogen) atoms. The molecule has 0 bridgehead atoms. The first-order valence-electron chi connectivity index (χ1n) is 10.6. The number of anilines is 1. The lowest BCUT2D eigenvalue weighted by Gasteiger charge is -2.44. The number of rotatable bonds is 5. The lowest BCUT2D eigenvalue weighted by Crippen LogP contribution is -2.67. The summed E-state index contributed by atoms with van der Waals surface area (Å²) in [5.41, 5.74) is -2.37. The third-order valence-corrected chi connectivity index (χ3v) is 6.06. The molecule has 0 radical (unpaired) electrons. The molecule has 0 aliphatic carbocycles. The molecule has 4 atom stereocenters. The molecule has 2 fully saturated rings. The van der Waals surface area contributed by atoms with Crippen molar-refractivity contribution >= 4 is 23.3 Å². The summed E-state index contributed by atoms with van der Waals surface area (Å²) in [6.07, 6.45) is -5.93. The van der Waals surface area contributed by atoms with Crippen molar-refractivity contribution in [2.75, 3.05) is 18.5 Å². The molecule has 4 unspecified atom stereocenters. The number of carbonyl (C=O) groups is 1. The van der Waals surface area contributed by atoms with Gasteiger partial charge in [-0.05, 0) is 31.2 Å². The van der Waals surface area contributed by atoms with Crippen molar-refractivity contribution in [3.05, 3.63) is 58.9 Å². The SMILES string of the molecule is CC1NCC(NC(=O)Nc2ccc(Cl)c(F)c2)C(Oc2ccccc2C2(C(F)(F)F)CCO2)N1. The van der Waals surface area contributed by atoms with E-state index >= 15 is 0 Å². The molecule has 184 valence electrons. The van der Waals surface area contributed by atoms with Crippen molar-refractivity contribution in [2.45, 2.75) is 43.6 Å². The predicted molar refractivity (Wildman–Crippen MR) is 117 cm³/mol. The third kappa shape index (κ3) is 4.92. The van der Waals surface area contributed by atoms with Crippen LogP contribution in [-0.4, -0.2) is 43.8 Å². The molecule has 2 aromatic rings. The molecule has 0 aromatic heterocycles. The minimum atomic E-state index is -4.62. The van der Waals surface area contributed by atoms with Crippen molar-refractivity contribution < 1.29 is 31.8 Å². The monoisotopic (exact) mass is 502 g/mol. The molecule has 12 heteroatoms. The molecule has 7 nitrogen and oxygen atoms in total. The van der Waals surface area contributed by atoms with Gasteiger partial charge in [-0.1, -0.05) is 29.8 Å². The second-order valence-electron chi connectivity index (χ2n) is 8.09. The number of carbonyl (C=O) groups excluding carboxylic acids is 1. The van der Waals surface area contributed by atoms with Crippen LogP contribution in [-0.2, 0) is 10.3 Å². The van der Waals surface area contributed by atoms with Crippen LogP contribution in [0.15, 0.2) is 42.5 Å². The van der Waals surface area contributed by atoms with Gasteiger partial charge < -0.3 is 20.1 Å². The first-order chi connectivity index (χ1) is 16.1. The van der Waals surface area contributed by atoms with Crippen LogP contribution in [0.1, 0.15) is 18.9 Å². The van der Waals surface area contributed by atoms with E-state index in [0.717, 1.165) is 6.07 Å². The van der Waals surface area contributed by atoms with Crippen LogP contribution in [0.25, 0.3) is 0 Å². The maximum atomic E-state index is 13.9. The van der Waals surface area contributed by atoms with Gasteiger partial charge in [0.25, 0.3) is 0 Å². The molecule has 2 aliphatic heterocycles. The van der Waals surface area contributed by atoms with E-state index in [1.165, 1.54) is 30.3 Å². The van der Waals surface area contributed by atoms with Crippen LogP contribution in [0, 0.1) is 5.82 Å². The lowest BCUT2D eigenvalue weighted by atomic mass is 9.85. The maximum absolute atomic E-state index is 13.9. The third-order valence-electron chi connectivity index (χ3n) is 5.75. The van der Waals surface area contributed by atoms with Crippen LogP contribution in [0.2, 0.25) is 5.02 Å². The number of hydrogen-bond donors (Lipinski definition) is 4. The van der Waals surface area contributed by atoms with E-state index in [1.54, 1.807) is 13.0 Å². The highest BCUT2D eigenvalue weighted by molar-refractivity contribution is 6.30. The van der Waals surface area contributed by atoms with Gasteiger partial charge in [0.05, 0.1) is 23.8 Å². The Bertz CT molecular complexity index is 1050. The molecule has 2 heterocycles. The number of amides is 2. The highest BCUT2D eigenvalue weighted by Gasteiger charge is 2.62. The van der Waals surface area contributed by atoms with E-state index in [1.807, 2.05) is 0 Å². The summed E-state index contributed by atoms with van der Waals surface area (Å²) < 4.78 is 66.3. The van der Waals surface area contributed by atoms with E-state index < -0.39 is 35.9 Å². The van der Waals surface area contributed by atoms with Gasteiger partial charge in [0.1, 0.15) is 11.6 Å². The van der Waals surface area contributed by atoms with E-state index in [2.05, 4.69) is 21.3 Å². The number of alkyl halides is 3. The molecule has 2 aromatic carbocycles. The Morgan fingerprint density at radius 1 is 1.26 bits per heavy atom. The Hall–Kier alpha value is -2.60. The summed E-state index contributed by atoms with van der Waals surface area (Å²) in [5.74, 6) is -0.693. The Morgan fingerprint density at radius 3 is 2.65 bits per heavy atom. The van der Waals surface area contributed by atoms with Gasteiger partial charge in [-0.3, -0.25) is 10.6 Å². The number of hydrogen-bond acceptors (Lipinski definition) is 5. The Labute approximate surface area is 198 Å². The van der Waals surface area contributed by atoms with Crippen LogP contribution in [0.5, 0.6) is 5.75 Å². The first kappa shape index (κ1) is 24.5. The van der Waals surface area contributed by atoms with Gasteiger partial charge in [-0.25, -0.2) is 9.18 Å². The Kier molecular flexibility index (Phi) is 6.90. The number of halogens is 5. The van der Waals surface area contributed by atoms with Gasteiger partial charge in [0.15, 0.2) is 11.8 Å². The lowest BCUT2D eigenvalue weighted by molar-refractivity contribution is -0.334. The van der Waals surface area contributed by atoms with Crippen molar-refractivity contribution in [3.63, 3.8) is 0 Å². The second-order valence-corrected chi connectivity index (χ2v) is 8.50. The molecule has 2 amide bonds. The smallest absolute Gasteiger partial charge is 0.421 e. The fraction of sp³-hybridized carbons (Fsp3) is 0.409. The maximum Gasteiger partial charge on any atom is 0.421 e. The summed E-state index contributed by atoms with van der Waals surface area (Å²) in [5, 5.41) is 11.3. The Morgan fingerprint density at radius 2 is 2.00 bits per heavy atom. The molecule has 4 N–H and O–H groups in total. The molecule has 0 spiro atoms. The van der Waals surface area contributed by atoms with Gasteiger partial charge in [-0.15, -0.1) is 0 Å². The highest BCUT2D eigenvalue weighted by atomic mass is 35.5. The molecule has 2 saturated heterocycles. The van der Waals surface area contributed by atoms with Crippen LogP contribution in [0.3, 0.4) is 0 Å². The first-order valence-corrected chi connectivity index (χ1v) is 11.0. The minimum Gasteiger partial charge on any atom is -0.473 e. The van der Waals surface area contributed by atoms with Gasteiger partial charge in [-0.2, -0.15) is 13.2 Å². The summed E-state index contributed by atoms with van der Waals surface area (Å²) in [7, 11) is 0. The molecule has 2 aliphatic rings. The zero-order valence-corrected chi connectivity index (χ0v) is 18.8. The normalized spacial score (nSPS) is 26.9.